The van der Waals surface area contributed by atoms with E-state index in [1.165, 1.54) is 7.11 Å². The second-order valence-corrected chi connectivity index (χ2v) is 7.21. The van der Waals surface area contributed by atoms with E-state index in [0.29, 0.717) is 23.8 Å². The number of hydrogen-bond donors (Lipinski definition) is 0. The van der Waals surface area contributed by atoms with Crippen molar-refractivity contribution in [2.45, 2.75) is 18.2 Å². The van der Waals surface area contributed by atoms with Gasteiger partial charge in [0, 0.05) is 25.0 Å². The Balaban J connectivity index is 2.57. The molecule has 90 valence electrons. The average Bonchev–Trinajstić information content (AvgIpc) is 2.19. The van der Waals surface area contributed by atoms with Crippen molar-refractivity contribution in [1.29, 1.82) is 0 Å². The van der Waals surface area contributed by atoms with Crippen LogP contribution in [-0.2, 0) is 14.8 Å². The first-order chi connectivity index (χ1) is 6.97. The third-order valence-electron chi connectivity index (χ3n) is 2.70. The molecule has 15 heavy (non-hydrogen) atoms. The van der Waals surface area contributed by atoms with Crippen LogP contribution >= 0.6 is 15.9 Å². The smallest absolute Gasteiger partial charge is 0.216 e. The summed E-state index contributed by atoms with van der Waals surface area (Å²) in [5.74, 6) is 0.458. The fraction of sp³-hybridized carbons (Fsp3) is 1.00. The van der Waals surface area contributed by atoms with E-state index in [4.69, 9.17) is 4.74 Å². The number of piperidine rings is 1. The van der Waals surface area contributed by atoms with Crippen LogP contribution < -0.4 is 0 Å². The maximum atomic E-state index is 11.8. The van der Waals surface area contributed by atoms with Crippen LogP contribution in [0.2, 0.25) is 0 Å². The normalized spacial score (nSPS) is 29.3. The van der Waals surface area contributed by atoms with E-state index in [1.807, 2.05) is 0 Å². The van der Waals surface area contributed by atoms with E-state index in [1.54, 1.807) is 4.31 Å². The number of hydrogen-bond acceptors (Lipinski definition) is 3. The van der Waals surface area contributed by atoms with Crippen LogP contribution in [0.4, 0.5) is 0 Å². The van der Waals surface area contributed by atoms with Crippen molar-refractivity contribution >= 4 is 26.0 Å². The van der Waals surface area contributed by atoms with Crippen LogP contribution in [0.3, 0.4) is 0 Å². The molecule has 1 saturated heterocycles. The molecule has 0 saturated carbocycles. The van der Waals surface area contributed by atoms with Crippen LogP contribution in [0.15, 0.2) is 0 Å². The molecule has 0 aromatic heterocycles. The van der Waals surface area contributed by atoms with E-state index in [-0.39, 0.29) is 12.4 Å². The number of halogens is 1. The first-order valence-corrected chi connectivity index (χ1v) is 7.60. The van der Waals surface area contributed by atoms with Gasteiger partial charge in [-0.3, -0.25) is 0 Å². The molecule has 0 aromatic rings. The van der Waals surface area contributed by atoms with Gasteiger partial charge >= 0.3 is 0 Å². The summed E-state index contributed by atoms with van der Waals surface area (Å²) in [7, 11) is -1.60. The highest BCUT2D eigenvalue weighted by atomic mass is 79.9. The van der Waals surface area contributed by atoms with Gasteiger partial charge < -0.3 is 4.74 Å². The molecule has 1 aliphatic rings. The lowest BCUT2D eigenvalue weighted by Gasteiger charge is -2.33. The van der Waals surface area contributed by atoms with Crippen LogP contribution in [0.5, 0.6) is 0 Å². The quantitative estimate of drug-likeness (QED) is 0.730. The monoisotopic (exact) mass is 299 g/mol. The highest BCUT2D eigenvalue weighted by molar-refractivity contribution is 9.09. The minimum atomic E-state index is -3.11. The van der Waals surface area contributed by atoms with Gasteiger partial charge in [0.2, 0.25) is 10.0 Å². The number of nitrogens with zero attached hydrogens (tertiary/aromatic N) is 1. The molecule has 4 nitrogen and oxygen atoms in total. The highest BCUT2D eigenvalue weighted by Crippen LogP contribution is 2.25. The fourth-order valence-electron chi connectivity index (χ4n) is 1.65. The minimum absolute atomic E-state index is 0.0865. The van der Waals surface area contributed by atoms with Gasteiger partial charge in [-0.2, -0.15) is 0 Å². The SMILES string of the molecule is COCCS(=O)(=O)N1CCC(Br)C(C)C1. The zero-order valence-corrected chi connectivity index (χ0v) is 11.6. The molecule has 0 radical (unpaired) electrons. The number of rotatable bonds is 4. The Morgan fingerprint density at radius 3 is 2.73 bits per heavy atom. The summed E-state index contributed by atoms with van der Waals surface area (Å²) in [6, 6.07) is 0. The number of alkyl halides is 1. The van der Waals surface area contributed by atoms with Gasteiger partial charge in [0.1, 0.15) is 0 Å². The van der Waals surface area contributed by atoms with Crippen molar-refractivity contribution in [2.24, 2.45) is 5.92 Å². The first kappa shape index (κ1) is 13.4. The predicted molar refractivity (Wildman–Crippen MR) is 63.7 cm³/mol. The molecule has 0 aliphatic carbocycles. The zero-order valence-electron chi connectivity index (χ0n) is 9.15. The summed E-state index contributed by atoms with van der Waals surface area (Å²) in [6.07, 6.45) is 0.882. The molecule has 1 rings (SSSR count). The maximum absolute atomic E-state index is 11.8. The Morgan fingerprint density at radius 2 is 2.20 bits per heavy atom. The minimum Gasteiger partial charge on any atom is -0.384 e. The second-order valence-electron chi connectivity index (χ2n) is 3.95. The van der Waals surface area contributed by atoms with Crippen molar-refractivity contribution in [3.63, 3.8) is 0 Å². The molecular weight excluding hydrogens is 282 g/mol. The molecule has 0 N–H and O–H groups in total. The Morgan fingerprint density at radius 1 is 1.53 bits per heavy atom. The average molecular weight is 300 g/mol. The van der Waals surface area contributed by atoms with Crippen LogP contribution in [0.25, 0.3) is 0 Å². The van der Waals surface area contributed by atoms with Gasteiger partial charge in [0.25, 0.3) is 0 Å². The molecule has 1 heterocycles. The van der Waals surface area contributed by atoms with E-state index in [0.717, 1.165) is 6.42 Å². The van der Waals surface area contributed by atoms with E-state index < -0.39 is 10.0 Å². The second kappa shape index (κ2) is 5.61. The third-order valence-corrected chi connectivity index (χ3v) is 5.86. The lowest BCUT2D eigenvalue weighted by molar-refractivity contribution is 0.213. The molecule has 1 fully saturated rings. The fourth-order valence-corrected chi connectivity index (χ4v) is 3.50. The lowest BCUT2D eigenvalue weighted by Crippen LogP contribution is -2.44. The van der Waals surface area contributed by atoms with Crippen LogP contribution in [-0.4, -0.2) is 50.1 Å². The zero-order chi connectivity index (χ0) is 11.5. The Bertz CT molecular complexity index is 294. The molecule has 2 unspecified atom stereocenters. The van der Waals surface area contributed by atoms with Crippen molar-refractivity contribution in [3.05, 3.63) is 0 Å². The largest absolute Gasteiger partial charge is 0.384 e. The van der Waals surface area contributed by atoms with Gasteiger partial charge in [-0.25, -0.2) is 12.7 Å². The molecule has 0 bridgehead atoms. The van der Waals surface area contributed by atoms with Crippen molar-refractivity contribution in [1.82, 2.24) is 4.31 Å². The Labute approximate surface area is 100 Å². The molecule has 2 atom stereocenters. The van der Waals surface area contributed by atoms with Crippen molar-refractivity contribution < 1.29 is 13.2 Å². The molecule has 0 spiro atoms. The Hall–Kier alpha value is 0.350. The molecule has 0 amide bonds. The molecular formula is C9H18BrNO3S. The topological polar surface area (TPSA) is 46.6 Å². The van der Waals surface area contributed by atoms with E-state index >= 15 is 0 Å². The van der Waals surface area contributed by atoms with Gasteiger partial charge in [0.15, 0.2) is 0 Å². The molecule has 6 heteroatoms. The van der Waals surface area contributed by atoms with Gasteiger partial charge in [-0.15, -0.1) is 0 Å². The number of sulfonamides is 1. The Kier molecular flexibility index (Phi) is 5.02. The van der Waals surface area contributed by atoms with Gasteiger partial charge in [-0.05, 0) is 12.3 Å². The number of methoxy groups -OCH3 is 1. The highest BCUT2D eigenvalue weighted by Gasteiger charge is 2.30. The van der Waals surface area contributed by atoms with E-state index in [2.05, 4.69) is 22.9 Å². The summed E-state index contributed by atoms with van der Waals surface area (Å²) < 4.78 is 30.0. The summed E-state index contributed by atoms with van der Waals surface area (Å²) >= 11 is 3.55. The predicted octanol–water partition coefficient (Wildman–Crippen LogP) is 1.07. The standard InChI is InChI=1S/C9H18BrNO3S/c1-8-7-11(4-3-9(8)10)15(12,13)6-5-14-2/h8-9H,3-7H2,1-2H3. The van der Waals surface area contributed by atoms with Gasteiger partial charge in [0.05, 0.1) is 12.4 Å². The molecule has 1 aliphatic heterocycles. The van der Waals surface area contributed by atoms with Crippen LogP contribution in [0, 0.1) is 5.92 Å². The van der Waals surface area contributed by atoms with Gasteiger partial charge in [-0.1, -0.05) is 22.9 Å². The third kappa shape index (κ3) is 3.69. The maximum Gasteiger partial charge on any atom is 0.216 e. The van der Waals surface area contributed by atoms with E-state index in [9.17, 15) is 8.42 Å². The summed E-state index contributed by atoms with van der Waals surface area (Å²) in [6.45, 7) is 3.57. The van der Waals surface area contributed by atoms with Crippen molar-refractivity contribution in [2.75, 3.05) is 32.6 Å². The number of ether oxygens (including phenoxy) is 1. The lowest BCUT2D eigenvalue weighted by atomic mass is 10.0. The summed E-state index contributed by atoms with van der Waals surface area (Å²) in [5, 5.41) is 0. The summed E-state index contributed by atoms with van der Waals surface area (Å²) in [5.41, 5.74) is 0. The molecule has 0 aromatic carbocycles. The summed E-state index contributed by atoms with van der Waals surface area (Å²) in [4.78, 5) is 0.436. The first-order valence-electron chi connectivity index (χ1n) is 5.08. The van der Waals surface area contributed by atoms with Crippen LogP contribution in [0.1, 0.15) is 13.3 Å². The van der Waals surface area contributed by atoms with Crippen molar-refractivity contribution in [3.8, 4) is 0 Å².